The van der Waals surface area contributed by atoms with Gasteiger partial charge < -0.3 is 5.11 Å². The molecule has 5 heteroatoms. The molecule has 1 aromatic heterocycles. The highest BCUT2D eigenvalue weighted by Gasteiger charge is 2.42. The predicted octanol–water partition coefficient (Wildman–Crippen LogP) is 0.899. The highest BCUT2D eigenvalue weighted by molar-refractivity contribution is 6.13. The fourth-order valence-corrected chi connectivity index (χ4v) is 2.01. The van der Waals surface area contributed by atoms with Crippen molar-refractivity contribution in [3.8, 4) is 0 Å². The number of hydrogen-bond acceptors (Lipinski definition) is 4. The van der Waals surface area contributed by atoms with Crippen LogP contribution >= 0.6 is 0 Å². The van der Waals surface area contributed by atoms with Crippen LogP contribution in [0.2, 0.25) is 0 Å². The molecule has 16 heavy (non-hydrogen) atoms. The number of hydrogen-bond donors (Lipinski definition) is 2. The highest BCUT2D eigenvalue weighted by atomic mass is 16.3. The number of carbonyl (C=O) groups excluding carboxylic acids is 1. The number of nitrogens with zero attached hydrogens (tertiary/aromatic N) is 2. The molecule has 1 unspecified atom stereocenters. The summed E-state index contributed by atoms with van der Waals surface area (Å²) in [6.45, 7) is 0.473. The number of Topliss-reactive ketones (excluding diaryl/α,β-unsaturated/α-hetero) is 1. The number of aliphatic hydroxyl groups excluding tert-OH is 1. The number of H-pyrrole nitrogens is 1. The average molecular weight is 215 g/mol. The fourth-order valence-electron chi connectivity index (χ4n) is 2.01. The van der Waals surface area contributed by atoms with Crippen LogP contribution in [0.1, 0.15) is 11.6 Å². The van der Waals surface area contributed by atoms with Crippen LogP contribution in [0.25, 0.3) is 0 Å². The standard InChI is InChI=1S/C11H9N3O2/c15-10-8(6-1-3-12-5-6)11(16)9(10)7-2-4-13-14-7/h1-4,9,15H,5H2,(H,13,14). The number of aliphatic hydroxyl groups is 1. The molecule has 0 radical (unpaired) electrons. The summed E-state index contributed by atoms with van der Waals surface area (Å²) in [5.74, 6) is -0.525. The van der Waals surface area contributed by atoms with Crippen LogP contribution in [0.15, 0.2) is 40.2 Å². The minimum absolute atomic E-state index is 0.0708. The number of rotatable bonds is 2. The summed E-state index contributed by atoms with van der Waals surface area (Å²) >= 11 is 0. The largest absolute Gasteiger partial charge is 0.510 e. The van der Waals surface area contributed by atoms with Gasteiger partial charge in [0.05, 0.1) is 17.8 Å². The second kappa shape index (κ2) is 3.16. The zero-order chi connectivity index (χ0) is 11.1. The zero-order valence-electron chi connectivity index (χ0n) is 8.34. The van der Waals surface area contributed by atoms with E-state index in [0.717, 1.165) is 5.57 Å². The van der Waals surface area contributed by atoms with Gasteiger partial charge in [0.15, 0.2) is 5.78 Å². The van der Waals surface area contributed by atoms with Crippen LogP contribution in [0, 0.1) is 0 Å². The molecular weight excluding hydrogens is 206 g/mol. The van der Waals surface area contributed by atoms with Crippen molar-refractivity contribution < 1.29 is 9.90 Å². The van der Waals surface area contributed by atoms with Gasteiger partial charge in [0, 0.05) is 12.4 Å². The Morgan fingerprint density at radius 1 is 1.50 bits per heavy atom. The Kier molecular flexibility index (Phi) is 1.80. The van der Waals surface area contributed by atoms with Crippen molar-refractivity contribution in [3.05, 3.63) is 40.9 Å². The Hall–Kier alpha value is -2.17. The van der Waals surface area contributed by atoms with Crippen molar-refractivity contribution in [1.29, 1.82) is 0 Å². The topological polar surface area (TPSA) is 78.3 Å². The molecular formula is C11H9N3O2. The summed E-state index contributed by atoms with van der Waals surface area (Å²) in [6, 6.07) is 1.69. The molecule has 0 spiro atoms. The molecule has 0 amide bonds. The molecule has 0 saturated heterocycles. The van der Waals surface area contributed by atoms with Crippen LogP contribution in [-0.4, -0.2) is 33.8 Å². The van der Waals surface area contributed by atoms with E-state index in [1.807, 2.05) is 0 Å². The maximum absolute atomic E-state index is 11.9. The Labute approximate surface area is 91.2 Å². The van der Waals surface area contributed by atoms with Crippen molar-refractivity contribution in [2.75, 3.05) is 6.54 Å². The lowest BCUT2D eigenvalue weighted by Gasteiger charge is -2.27. The third kappa shape index (κ3) is 1.08. The average Bonchev–Trinajstić information content (AvgIpc) is 2.91. The minimum Gasteiger partial charge on any atom is -0.510 e. The SMILES string of the molecule is O=C1C(C2=CC=NC2)=C(O)C1c1ccn[nH]1. The van der Waals surface area contributed by atoms with Crippen molar-refractivity contribution in [2.24, 2.45) is 4.99 Å². The lowest BCUT2D eigenvalue weighted by Crippen LogP contribution is -2.31. The number of nitrogens with one attached hydrogen (secondary N) is 1. The van der Waals surface area contributed by atoms with Gasteiger partial charge in [0.25, 0.3) is 0 Å². The van der Waals surface area contributed by atoms with Gasteiger partial charge in [-0.25, -0.2) is 0 Å². The monoisotopic (exact) mass is 215 g/mol. The summed E-state index contributed by atoms with van der Waals surface area (Å²) in [5.41, 5.74) is 1.83. The molecule has 2 heterocycles. The van der Waals surface area contributed by atoms with E-state index in [9.17, 15) is 9.90 Å². The van der Waals surface area contributed by atoms with Crippen molar-refractivity contribution in [1.82, 2.24) is 10.2 Å². The molecule has 0 saturated carbocycles. The van der Waals surface area contributed by atoms with E-state index in [4.69, 9.17) is 0 Å². The van der Waals surface area contributed by atoms with Crippen LogP contribution in [0.4, 0.5) is 0 Å². The van der Waals surface area contributed by atoms with E-state index in [1.54, 1.807) is 24.6 Å². The predicted molar refractivity (Wildman–Crippen MR) is 57.4 cm³/mol. The summed E-state index contributed by atoms with van der Waals surface area (Å²) in [7, 11) is 0. The third-order valence-electron chi connectivity index (χ3n) is 2.84. The number of aliphatic imine (C=N–C) groups is 1. The molecule has 0 aromatic carbocycles. The Morgan fingerprint density at radius 3 is 2.94 bits per heavy atom. The van der Waals surface area contributed by atoms with Gasteiger partial charge in [-0.3, -0.25) is 14.9 Å². The maximum Gasteiger partial charge on any atom is 0.183 e. The van der Waals surface area contributed by atoms with Crippen molar-refractivity contribution in [3.63, 3.8) is 0 Å². The molecule has 1 aromatic rings. The Morgan fingerprint density at radius 2 is 2.38 bits per heavy atom. The first-order chi connectivity index (χ1) is 7.79. The molecule has 1 aliphatic carbocycles. The minimum atomic E-state index is -0.570. The van der Waals surface area contributed by atoms with E-state index in [-0.39, 0.29) is 11.5 Å². The first-order valence-corrected chi connectivity index (χ1v) is 4.95. The molecule has 3 rings (SSSR count). The molecule has 0 bridgehead atoms. The Bertz CT molecular complexity index is 538. The van der Waals surface area contributed by atoms with Gasteiger partial charge in [0.1, 0.15) is 11.7 Å². The first-order valence-electron chi connectivity index (χ1n) is 4.95. The molecule has 5 nitrogen and oxygen atoms in total. The van der Waals surface area contributed by atoms with Gasteiger partial charge in [-0.05, 0) is 17.7 Å². The number of aromatic nitrogens is 2. The molecule has 80 valence electrons. The lowest BCUT2D eigenvalue weighted by molar-refractivity contribution is -0.119. The van der Waals surface area contributed by atoms with Crippen LogP contribution < -0.4 is 0 Å². The summed E-state index contributed by atoms with van der Waals surface area (Å²) in [5, 5.41) is 16.3. The van der Waals surface area contributed by atoms with Crippen molar-refractivity contribution >= 4 is 12.0 Å². The normalized spacial score (nSPS) is 23.6. The van der Waals surface area contributed by atoms with E-state index >= 15 is 0 Å². The molecule has 0 fully saturated rings. The molecule has 1 aliphatic heterocycles. The quantitative estimate of drug-likeness (QED) is 0.769. The van der Waals surface area contributed by atoms with Crippen molar-refractivity contribution in [2.45, 2.75) is 5.92 Å². The van der Waals surface area contributed by atoms with Gasteiger partial charge in [-0.15, -0.1) is 0 Å². The number of aromatic amines is 1. The maximum atomic E-state index is 11.9. The summed E-state index contributed by atoms with van der Waals surface area (Å²) in [6.07, 6.45) is 4.96. The second-order valence-electron chi connectivity index (χ2n) is 3.75. The van der Waals surface area contributed by atoms with Gasteiger partial charge in [-0.2, -0.15) is 5.10 Å². The van der Waals surface area contributed by atoms with E-state index < -0.39 is 5.92 Å². The van der Waals surface area contributed by atoms with Crippen LogP contribution in [0.3, 0.4) is 0 Å². The second-order valence-corrected chi connectivity index (χ2v) is 3.75. The van der Waals surface area contributed by atoms with Gasteiger partial charge in [0.2, 0.25) is 0 Å². The molecule has 2 aliphatic rings. The van der Waals surface area contributed by atoms with E-state index in [0.29, 0.717) is 17.8 Å². The highest BCUT2D eigenvalue weighted by Crippen LogP contribution is 2.40. The van der Waals surface area contributed by atoms with Gasteiger partial charge in [-0.1, -0.05) is 0 Å². The smallest absolute Gasteiger partial charge is 0.183 e. The van der Waals surface area contributed by atoms with Gasteiger partial charge >= 0.3 is 0 Å². The van der Waals surface area contributed by atoms with E-state index in [2.05, 4.69) is 15.2 Å². The molecule has 2 N–H and O–H groups in total. The van der Waals surface area contributed by atoms with Crippen LogP contribution in [-0.2, 0) is 4.79 Å². The first kappa shape index (κ1) is 9.08. The summed E-state index contributed by atoms with van der Waals surface area (Å²) < 4.78 is 0. The number of allylic oxidation sites excluding steroid dienone is 2. The Balaban J connectivity index is 1.96. The zero-order valence-corrected chi connectivity index (χ0v) is 8.34. The molecule has 1 atom stereocenters. The number of ketones is 1. The fraction of sp³-hybridized carbons (Fsp3) is 0.182. The number of carbonyl (C=O) groups is 1. The van der Waals surface area contributed by atoms with E-state index in [1.165, 1.54) is 0 Å². The third-order valence-corrected chi connectivity index (χ3v) is 2.84. The van der Waals surface area contributed by atoms with Crippen LogP contribution in [0.5, 0.6) is 0 Å². The lowest BCUT2D eigenvalue weighted by atomic mass is 9.77. The summed E-state index contributed by atoms with van der Waals surface area (Å²) in [4.78, 5) is 15.9.